The highest BCUT2D eigenvalue weighted by Crippen LogP contribution is 2.32. The Morgan fingerprint density at radius 3 is 2.69 bits per heavy atom. The van der Waals surface area contributed by atoms with Crippen LogP contribution in [-0.2, 0) is 9.47 Å². The summed E-state index contributed by atoms with van der Waals surface area (Å²) in [4.78, 5) is 7.23. The van der Waals surface area contributed by atoms with E-state index < -0.39 is 0 Å². The van der Waals surface area contributed by atoms with Gasteiger partial charge in [-0.15, -0.1) is 0 Å². The lowest BCUT2D eigenvalue weighted by Crippen LogP contribution is -2.46. The van der Waals surface area contributed by atoms with Crippen LogP contribution in [-0.4, -0.2) is 81.7 Å². The molecule has 0 aromatic carbocycles. The van der Waals surface area contributed by atoms with Crippen LogP contribution in [0.2, 0.25) is 0 Å². The molecule has 8 heteroatoms. The van der Waals surface area contributed by atoms with Crippen molar-refractivity contribution < 1.29 is 19.0 Å². The van der Waals surface area contributed by atoms with Gasteiger partial charge in [-0.25, -0.2) is 0 Å². The Morgan fingerprint density at radius 2 is 2.07 bits per heavy atom. The minimum atomic E-state index is -0.0567. The van der Waals surface area contributed by atoms with E-state index in [1.807, 2.05) is 13.0 Å². The smallest absolute Gasteiger partial charge is 0.191 e. The highest BCUT2D eigenvalue weighted by molar-refractivity contribution is 5.79. The van der Waals surface area contributed by atoms with Gasteiger partial charge in [0.2, 0.25) is 0 Å². The molecule has 0 aliphatic carbocycles. The van der Waals surface area contributed by atoms with E-state index >= 15 is 0 Å². The zero-order valence-corrected chi connectivity index (χ0v) is 17.8. The number of hydrogen-bond acceptors (Lipinski definition) is 6. The van der Waals surface area contributed by atoms with Gasteiger partial charge in [0.05, 0.1) is 32.4 Å². The van der Waals surface area contributed by atoms with Crippen LogP contribution in [0.25, 0.3) is 0 Å². The lowest BCUT2D eigenvalue weighted by molar-refractivity contribution is 0.0124. The van der Waals surface area contributed by atoms with Crippen molar-refractivity contribution in [1.29, 1.82) is 0 Å². The highest BCUT2D eigenvalue weighted by Gasteiger charge is 2.34. The van der Waals surface area contributed by atoms with Crippen LogP contribution in [0.1, 0.15) is 37.3 Å². The molecule has 2 saturated heterocycles. The van der Waals surface area contributed by atoms with Crippen molar-refractivity contribution in [3.8, 4) is 0 Å². The number of aliphatic hydroxyl groups is 1. The molecule has 2 aliphatic rings. The normalized spacial score (nSPS) is 24.6. The monoisotopic (exact) mass is 408 g/mol. The zero-order valence-electron chi connectivity index (χ0n) is 17.8. The summed E-state index contributed by atoms with van der Waals surface area (Å²) >= 11 is 0. The molecule has 3 rings (SSSR count). The summed E-state index contributed by atoms with van der Waals surface area (Å²) in [6, 6.07) is 4.20. The van der Waals surface area contributed by atoms with E-state index in [-0.39, 0.29) is 18.1 Å². The zero-order chi connectivity index (χ0) is 20.5. The maximum atomic E-state index is 9.45. The lowest BCUT2D eigenvalue weighted by Gasteiger charge is -2.33. The van der Waals surface area contributed by atoms with E-state index in [1.165, 1.54) is 0 Å². The van der Waals surface area contributed by atoms with Crippen LogP contribution in [0.3, 0.4) is 0 Å². The Kier molecular flexibility index (Phi) is 8.35. The number of aliphatic imine (C=N–C) groups is 1. The van der Waals surface area contributed by atoms with E-state index in [0.29, 0.717) is 19.7 Å². The molecule has 2 unspecified atom stereocenters. The van der Waals surface area contributed by atoms with Crippen molar-refractivity contribution in [1.82, 2.24) is 15.5 Å². The van der Waals surface area contributed by atoms with Crippen molar-refractivity contribution in [2.45, 2.75) is 32.7 Å². The molecular weight excluding hydrogens is 372 g/mol. The fourth-order valence-electron chi connectivity index (χ4n) is 4.00. The number of rotatable bonds is 9. The van der Waals surface area contributed by atoms with Gasteiger partial charge in [-0.2, -0.15) is 0 Å². The molecule has 3 heterocycles. The van der Waals surface area contributed by atoms with E-state index in [0.717, 1.165) is 69.8 Å². The first-order valence-corrected chi connectivity index (χ1v) is 10.7. The number of guanidine groups is 1. The summed E-state index contributed by atoms with van der Waals surface area (Å²) in [5.74, 6) is 2.68. The van der Waals surface area contributed by atoms with Crippen LogP contribution in [0.15, 0.2) is 21.5 Å². The van der Waals surface area contributed by atoms with Gasteiger partial charge in [-0.1, -0.05) is 0 Å². The molecule has 29 heavy (non-hydrogen) atoms. The minimum absolute atomic E-state index is 0.0567. The average Bonchev–Trinajstić information content (AvgIpc) is 3.37. The van der Waals surface area contributed by atoms with E-state index in [1.54, 1.807) is 0 Å². The summed E-state index contributed by atoms with van der Waals surface area (Å²) in [5.41, 5.74) is -0.0567. The second kappa shape index (κ2) is 11.0. The van der Waals surface area contributed by atoms with E-state index in [9.17, 15) is 5.11 Å². The number of ether oxygens (including phenoxy) is 2. The number of hydrogen-bond donors (Lipinski definition) is 3. The fourth-order valence-corrected chi connectivity index (χ4v) is 4.00. The Labute approximate surface area is 173 Å². The molecule has 2 aliphatic heterocycles. The number of aryl methyl sites for hydroxylation is 1. The first-order valence-electron chi connectivity index (χ1n) is 10.7. The predicted octanol–water partition coefficient (Wildman–Crippen LogP) is 1.31. The maximum absolute atomic E-state index is 9.45. The van der Waals surface area contributed by atoms with Gasteiger partial charge in [-0.05, 0) is 38.8 Å². The maximum Gasteiger partial charge on any atom is 0.191 e. The molecule has 0 spiro atoms. The summed E-state index contributed by atoms with van der Waals surface area (Å²) in [5, 5.41) is 16.3. The van der Waals surface area contributed by atoms with Gasteiger partial charge in [0.1, 0.15) is 11.5 Å². The summed E-state index contributed by atoms with van der Waals surface area (Å²) < 4.78 is 17.1. The molecule has 0 bridgehead atoms. The largest absolute Gasteiger partial charge is 0.465 e. The van der Waals surface area contributed by atoms with Crippen LogP contribution < -0.4 is 10.6 Å². The van der Waals surface area contributed by atoms with Crippen molar-refractivity contribution in [3.63, 3.8) is 0 Å². The molecule has 164 valence electrons. The molecule has 3 N–H and O–H groups in total. The Bertz CT molecular complexity index is 636. The molecule has 2 fully saturated rings. The molecule has 0 amide bonds. The Morgan fingerprint density at radius 1 is 1.24 bits per heavy atom. The quantitative estimate of drug-likeness (QED) is 0.419. The molecule has 8 nitrogen and oxygen atoms in total. The predicted molar refractivity (Wildman–Crippen MR) is 112 cm³/mol. The molecular formula is C21H36N4O4. The van der Waals surface area contributed by atoms with Crippen LogP contribution in [0.5, 0.6) is 0 Å². The van der Waals surface area contributed by atoms with Gasteiger partial charge in [0.25, 0.3) is 0 Å². The number of nitrogens with one attached hydrogen (secondary N) is 2. The van der Waals surface area contributed by atoms with Crippen molar-refractivity contribution in [2.75, 3.05) is 65.8 Å². The fraction of sp³-hybridized carbons (Fsp3) is 0.762. The van der Waals surface area contributed by atoms with E-state index in [2.05, 4.69) is 28.5 Å². The van der Waals surface area contributed by atoms with Crippen LogP contribution in [0.4, 0.5) is 0 Å². The van der Waals surface area contributed by atoms with Crippen LogP contribution in [0, 0.1) is 12.3 Å². The number of aliphatic hydroxyl groups excluding tert-OH is 1. The van der Waals surface area contributed by atoms with Gasteiger partial charge < -0.3 is 29.6 Å². The summed E-state index contributed by atoms with van der Waals surface area (Å²) in [7, 11) is 0. The van der Waals surface area contributed by atoms with Gasteiger partial charge in [0, 0.05) is 44.8 Å². The van der Waals surface area contributed by atoms with Gasteiger partial charge in [0.15, 0.2) is 5.96 Å². The summed E-state index contributed by atoms with van der Waals surface area (Å²) in [6.07, 6.45) is 1.66. The number of morpholine rings is 1. The Hall–Kier alpha value is -1.61. The van der Waals surface area contributed by atoms with Crippen molar-refractivity contribution in [2.24, 2.45) is 10.4 Å². The topological polar surface area (TPSA) is 91.5 Å². The number of nitrogens with zero attached hydrogens (tertiary/aromatic N) is 2. The third kappa shape index (κ3) is 6.18. The van der Waals surface area contributed by atoms with Crippen molar-refractivity contribution in [3.05, 3.63) is 23.7 Å². The molecule has 0 saturated carbocycles. The second-order valence-corrected chi connectivity index (χ2v) is 7.96. The van der Waals surface area contributed by atoms with Gasteiger partial charge >= 0.3 is 0 Å². The molecule has 2 atom stereocenters. The molecule has 0 radical (unpaired) electrons. The highest BCUT2D eigenvalue weighted by atomic mass is 16.5. The third-order valence-electron chi connectivity index (χ3n) is 5.78. The van der Waals surface area contributed by atoms with E-state index in [4.69, 9.17) is 18.9 Å². The second-order valence-electron chi connectivity index (χ2n) is 7.96. The third-order valence-corrected chi connectivity index (χ3v) is 5.78. The first-order chi connectivity index (χ1) is 14.2. The lowest BCUT2D eigenvalue weighted by atomic mass is 9.84. The van der Waals surface area contributed by atoms with Gasteiger partial charge in [-0.3, -0.25) is 9.89 Å². The number of furan rings is 1. The molecule has 1 aromatic heterocycles. The Balaban J connectivity index is 1.67. The summed E-state index contributed by atoms with van der Waals surface area (Å²) in [6.45, 7) is 11.0. The minimum Gasteiger partial charge on any atom is -0.465 e. The average molecular weight is 409 g/mol. The standard InChI is InChI=1S/C21H36N4O4/c1-3-22-20(24-15-21(6-10-26)7-11-28-16-21)23-14-18(19-5-4-17(2)29-19)25-8-12-27-13-9-25/h4-5,18,26H,3,6-16H2,1-2H3,(H2,22,23,24). The molecule has 1 aromatic rings. The SMILES string of the molecule is CCNC(=NCC1(CCO)CCOC1)NCC(c1ccc(C)o1)N1CCOCC1. The van der Waals surface area contributed by atoms with Crippen molar-refractivity contribution >= 4 is 5.96 Å². The first kappa shape index (κ1) is 22.1. The van der Waals surface area contributed by atoms with Crippen LogP contribution >= 0.6 is 0 Å².